The van der Waals surface area contributed by atoms with Crippen LogP contribution in [0, 0.1) is 0 Å². The molecule has 0 bridgehead atoms. The summed E-state index contributed by atoms with van der Waals surface area (Å²) in [5.74, 6) is 0.150. The van der Waals surface area contributed by atoms with Crippen molar-refractivity contribution in [3.63, 3.8) is 0 Å². The van der Waals surface area contributed by atoms with Crippen LogP contribution in [-0.2, 0) is 14.9 Å². The smallest absolute Gasteiger partial charge is 0.165 e. The molecule has 0 heterocycles. The summed E-state index contributed by atoms with van der Waals surface area (Å²) in [7, 11) is 0. The predicted octanol–water partition coefficient (Wildman–Crippen LogP) is 4.43. The molecule has 0 radical (unpaired) electrons. The maximum Gasteiger partial charge on any atom is 0.165 e. The average molecular weight is 262 g/mol. The van der Waals surface area contributed by atoms with Crippen molar-refractivity contribution in [3.05, 3.63) is 35.4 Å². The topological polar surface area (TPSA) is 26.3 Å². The van der Waals surface area contributed by atoms with Gasteiger partial charge < -0.3 is 4.74 Å². The van der Waals surface area contributed by atoms with Gasteiger partial charge in [0.1, 0.15) is 6.10 Å². The fraction of sp³-hybridized carbons (Fsp3) is 0.588. The second-order valence-electron chi connectivity index (χ2n) is 5.94. The largest absolute Gasteiger partial charge is 0.366 e. The van der Waals surface area contributed by atoms with E-state index in [-0.39, 0.29) is 11.2 Å². The van der Waals surface area contributed by atoms with Crippen LogP contribution in [0.3, 0.4) is 0 Å². The minimum Gasteiger partial charge on any atom is -0.366 e. The van der Waals surface area contributed by atoms with Gasteiger partial charge in [-0.3, -0.25) is 4.79 Å². The molecule has 0 saturated heterocycles. The van der Waals surface area contributed by atoms with Gasteiger partial charge in [-0.05, 0) is 23.0 Å². The molecule has 0 fully saturated rings. The van der Waals surface area contributed by atoms with E-state index in [2.05, 4.69) is 39.8 Å². The minimum atomic E-state index is -0.404. The molecular formula is C17H26O2. The van der Waals surface area contributed by atoms with E-state index < -0.39 is 6.10 Å². The van der Waals surface area contributed by atoms with Crippen LogP contribution < -0.4 is 0 Å². The summed E-state index contributed by atoms with van der Waals surface area (Å²) < 4.78 is 5.71. The number of Topliss-reactive ketones (excluding diaryl/α,β-unsaturated/α-hetero) is 1. The SMILES string of the molecule is CCCOC(C(=O)CC)c1ccc(C(C)(C)C)cc1. The first-order valence-corrected chi connectivity index (χ1v) is 7.14. The Morgan fingerprint density at radius 1 is 1.16 bits per heavy atom. The number of ketones is 1. The number of benzene rings is 1. The molecule has 1 atom stereocenters. The first-order valence-electron chi connectivity index (χ1n) is 7.14. The molecule has 0 spiro atoms. The molecule has 0 aliphatic rings. The van der Waals surface area contributed by atoms with E-state index in [1.807, 2.05) is 19.1 Å². The summed E-state index contributed by atoms with van der Waals surface area (Å²) in [6, 6.07) is 8.24. The summed E-state index contributed by atoms with van der Waals surface area (Å²) in [5.41, 5.74) is 2.37. The Kier molecular flexibility index (Phi) is 5.74. The van der Waals surface area contributed by atoms with E-state index in [0.717, 1.165) is 12.0 Å². The van der Waals surface area contributed by atoms with Gasteiger partial charge in [-0.2, -0.15) is 0 Å². The maximum absolute atomic E-state index is 12.0. The molecule has 0 saturated carbocycles. The first kappa shape index (κ1) is 15.9. The average Bonchev–Trinajstić information content (AvgIpc) is 2.38. The van der Waals surface area contributed by atoms with Gasteiger partial charge in [0.2, 0.25) is 0 Å². The molecule has 1 aromatic carbocycles. The van der Waals surface area contributed by atoms with Crippen molar-refractivity contribution in [1.29, 1.82) is 0 Å². The van der Waals surface area contributed by atoms with Gasteiger partial charge in [0.05, 0.1) is 0 Å². The zero-order valence-corrected chi connectivity index (χ0v) is 12.8. The molecule has 0 aromatic heterocycles. The third-order valence-corrected chi connectivity index (χ3v) is 3.21. The van der Waals surface area contributed by atoms with Crippen LogP contribution in [0.1, 0.15) is 64.7 Å². The van der Waals surface area contributed by atoms with Gasteiger partial charge >= 0.3 is 0 Å². The Morgan fingerprint density at radius 2 is 1.74 bits per heavy atom. The molecule has 0 amide bonds. The Balaban J connectivity index is 2.93. The van der Waals surface area contributed by atoms with Crippen molar-refractivity contribution in [2.45, 2.75) is 59.0 Å². The summed E-state index contributed by atoms with van der Waals surface area (Å²) >= 11 is 0. The van der Waals surface area contributed by atoms with Crippen LogP contribution in [0.15, 0.2) is 24.3 Å². The van der Waals surface area contributed by atoms with Gasteiger partial charge in [0.25, 0.3) is 0 Å². The Hall–Kier alpha value is -1.15. The van der Waals surface area contributed by atoms with Gasteiger partial charge in [-0.15, -0.1) is 0 Å². The lowest BCUT2D eigenvalue weighted by Crippen LogP contribution is -2.17. The number of rotatable bonds is 6. The van der Waals surface area contributed by atoms with Crippen LogP contribution in [0.25, 0.3) is 0 Å². The van der Waals surface area contributed by atoms with Crippen molar-refractivity contribution < 1.29 is 9.53 Å². The summed E-state index contributed by atoms with van der Waals surface area (Å²) in [4.78, 5) is 12.0. The molecule has 1 rings (SSSR count). The van der Waals surface area contributed by atoms with Gasteiger partial charge in [-0.1, -0.05) is 58.9 Å². The standard InChI is InChI=1S/C17H26O2/c1-6-12-19-16(15(18)7-2)13-8-10-14(11-9-13)17(3,4)5/h8-11,16H,6-7,12H2,1-5H3. The Bertz CT molecular complexity index is 398. The molecule has 0 N–H and O–H groups in total. The second-order valence-corrected chi connectivity index (χ2v) is 5.94. The first-order chi connectivity index (χ1) is 8.90. The zero-order chi connectivity index (χ0) is 14.5. The maximum atomic E-state index is 12.0. The van der Waals surface area contributed by atoms with E-state index in [1.165, 1.54) is 5.56 Å². The Morgan fingerprint density at radius 3 is 2.16 bits per heavy atom. The second kappa shape index (κ2) is 6.85. The van der Waals surface area contributed by atoms with Crippen LogP contribution in [0.4, 0.5) is 0 Å². The van der Waals surface area contributed by atoms with Crippen molar-refractivity contribution in [2.75, 3.05) is 6.61 Å². The minimum absolute atomic E-state index is 0.132. The highest BCUT2D eigenvalue weighted by molar-refractivity contribution is 5.84. The number of carbonyl (C=O) groups is 1. The summed E-state index contributed by atoms with van der Waals surface area (Å²) in [6.07, 6.45) is 1.03. The van der Waals surface area contributed by atoms with Crippen molar-refractivity contribution >= 4 is 5.78 Å². The quantitative estimate of drug-likeness (QED) is 0.758. The van der Waals surface area contributed by atoms with E-state index >= 15 is 0 Å². The molecular weight excluding hydrogens is 236 g/mol. The normalized spacial score (nSPS) is 13.3. The molecule has 106 valence electrons. The van der Waals surface area contributed by atoms with E-state index in [4.69, 9.17) is 4.74 Å². The van der Waals surface area contributed by atoms with Crippen LogP contribution in [0.5, 0.6) is 0 Å². The molecule has 1 unspecified atom stereocenters. The van der Waals surface area contributed by atoms with Crippen molar-refractivity contribution in [3.8, 4) is 0 Å². The van der Waals surface area contributed by atoms with E-state index in [0.29, 0.717) is 13.0 Å². The highest BCUT2D eigenvalue weighted by Gasteiger charge is 2.20. The fourth-order valence-electron chi connectivity index (χ4n) is 1.95. The lowest BCUT2D eigenvalue weighted by molar-refractivity contribution is -0.130. The molecule has 0 aliphatic carbocycles. The lowest BCUT2D eigenvalue weighted by atomic mass is 9.86. The predicted molar refractivity (Wildman–Crippen MR) is 79.4 cm³/mol. The summed E-state index contributed by atoms with van der Waals surface area (Å²) in [6.45, 7) is 11.1. The summed E-state index contributed by atoms with van der Waals surface area (Å²) in [5, 5.41) is 0. The molecule has 0 aliphatic heterocycles. The highest BCUT2D eigenvalue weighted by atomic mass is 16.5. The number of carbonyl (C=O) groups excluding carboxylic acids is 1. The van der Waals surface area contributed by atoms with Crippen LogP contribution in [0.2, 0.25) is 0 Å². The van der Waals surface area contributed by atoms with Gasteiger partial charge in [0.15, 0.2) is 5.78 Å². The monoisotopic (exact) mass is 262 g/mol. The number of hydrogen-bond donors (Lipinski definition) is 0. The van der Waals surface area contributed by atoms with Crippen molar-refractivity contribution in [1.82, 2.24) is 0 Å². The van der Waals surface area contributed by atoms with E-state index in [9.17, 15) is 4.79 Å². The van der Waals surface area contributed by atoms with Crippen LogP contribution in [-0.4, -0.2) is 12.4 Å². The van der Waals surface area contributed by atoms with Gasteiger partial charge in [-0.25, -0.2) is 0 Å². The molecule has 1 aromatic rings. The highest BCUT2D eigenvalue weighted by Crippen LogP contribution is 2.26. The zero-order valence-electron chi connectivity index (χ0n) is 12.8. The Labute approximate surface area is 117 Å². The van der Waals surface area contributed by atoms with Crippen LogP contribution >= 0.6 is 0 Å². The van der Waals surface area contributed by atoms with Crippen molar-refractivity contribution in [2.24, 2.45) is 0 Å². The molecule has 2 heteroatoms. The molecule has 19 heavy (non-hydrogen) atoms. The third-order valence-electron chi connectivity index (χ3n) is 3.21. The van der Waals surface area contributed by atoms with E-state index in [1.54, 1.807) is 0 Å². The lowest BCUT2D eigenvalue weighted by Gasteiger charge is -2.21. The van der Waals surface area contributed by atoms with Gasteiger partial charge in [0, 0.05) is 13.0 Å². The fourth-order valence-corrected chi connectivity index (χ4v) is 1.95. The third kappa shape index (κ3) is 4.46. The number of hydrogen-bond acceptors (Lipinski definition) is 2. The number of ether oxygens (including phenoxy) is 1. The molecule has 2 nitrogen and oxygen atoms in total.